The SMILES string of the molecule is CCN1CCOC(C(O)Cc2ccc(Cl)cc2)C1. The second-order valence-electron chi connectivity index (χ2n) is 4.70. The maximum atomic E-state index is 10.2. The number of aliphatic hydroxyl groups is 1. The lowest BCUT2D eigenvalue weighted by Crippen LogP contribution is -2.48. The summed E-state index contributed by atoms with van der Waals surface area (Å²) >= 11 is 5.84. The summed E-state index contributed by atoms with van der Waals surface area (Å²) in [6.45, 7) is 5.61. The van der Waals surface area contributed by atoms with Gasteiger partial charge in [-0.1, -0.05) is 30.7 Å². The number of morpholine rings is 1. The lowest BCUT2D eigenvalue weighted by atomic mass is 10.0. The van der Waals surface area contributed by atoms with Gasteiger partial charge in [0.15, 0.2) is 0 Å². The summed E-state index contributed by atoms with van der Waals surface area (Å²) in [5.74, 6) is 0. The van der Waals surface area contributed by atoms with Crippen LogP contribution in [0.1, 0.15) is 12.5 Å². The predicted molar refractivity (Wildman–Crippen MR) is 73.0 cm³/mol. The van der Waals surface area contributed by atoms with Gasteiger partial charge in [-0.25, -0.2) is 0 Å². The molecule has 0 radical (unpaired) electrons. The van der Waals surface area contributed by atoms with Crippen LogP contribution >= 0.6 is 11.6 Å². The molecule has 0 bridgehead atoms. The topological polar surface area (TPSA) is 32.7 Å². The third-order valence-corrected chi connectivity index (χ3v) is 3.66. The van der Waals surface area contributed by atoms with E-state index < -0.39 is 6.10 Å². The molecule has 0 aliphatic carbocycles. The molecule has 1 N–H and O–H groups in total. The van der Waals surface area contributed by atoms with Crippen LogP contribution in [0.3, 0.4) is 0 Å². The summed E-state index contributed by atoms with van der Waals surface area (Å²) in [6, 6.07) is 7.60. The fourth-order valence-electron chi connectivity index (χ4n) is 2.25. The van der Waals surface area contributed by atoms with Gasteiger partial charge in [0.1, 0.15) is 0 Å². The van der Waals surface area contributed by atoms with E-state index in [1.165, 1.54) is 0 Å². The van der Waals surface area contributed by atoms with E-state index in [-0.39, 0.29) is 6.10 Å². The van der Waals surface area contributed by atoms with Gasteiger partial charge in [0.05, 0.1) is 18.8 Å². The molecule has 2 rings (SSSR count). The molecular weight excluding hydrogens is 250 g/mol. The molecule has 0 spiro atoms. The minimum absolute atomic E-state index is 0.0885. The van der Waals surface area contributed by atoms with Crippen molar-refractivity contribution in [2.24, 2.45) is 0 Å². The molecule has 2 unspecified atom stereocenters. The molecule has 2 atom stereocenters. The third-order valence-electron chi connectivity index (χ3n) is 3.41. The van der Waals surface area contributed by atoms with Gasteiger partial charge < -0.3 is 9.84 Å². The van der Waals surface area contributed by atoms with Crippen LogP contribution in [0.2, 0.25) is 5.02 Å². The monoisotopic (exact) mass is 269 g/mol. The molecule has 1 heterocycles. The van der Waals surface area contributed by atoms with E-state index in [9.17, 15) is 5.11 Å². The van der Waals surface area contributed by atoms with Crippen molar-refractivity contribution in [2.75, 3.05) is 26.2 Å². The molecule has 1 aromatic carbocycles. The Kier molecular flexibility index (Phi) is 5.01. The van der Waals surface area contributed by atoms with E-state index in [0.29, 0.717) is 13.0 Å². The van der Waals surface area contributed by atoms with Crippen molar-refractivity contribution in [1.82, 2.24) is 4.90 Å². The van der Waals surface area contributed by atoms with Crippen LogP contribution in [0.25, 0.3) is 0 Å². The molecule has 18 heavy (non-hydrogen) atoms. The van der Waals surface area contributed by atoms with Crippen LogP contribution < -0.4 is 0 Å². The molecule has 0 amide bonds. The highest BCUT2D eigenvalue weighted by molar-refractivity contribution is 6.30. The summed E-state index contributed by atoms with van der Waals surface area (Å²) in [5.41, 5.74) is 1.09. The highest BCUT2D eigenvalue weighted by atomic mass is 35.5. The first-order valence-corrected chi connectivity index (χ1v) is 6.83. The standard InChI is InChI=1S/C14H20ClNO2/c1-2-16-7-8-18-14(10-16)13(17)9-11-3-5-12(15)6-4-11/h3-6,13-14,17H,2,7-10H2,1H3. The Morgan fingerprint density at radius 3 is 2.83 bits per heavy atom. The van der Waals surface area contributed by atoms with E-state index in [1.54, 1.807) is 0 Å². The van der Waals surface area contributed by atoms with Crippen molar-refractivity contribution in [2.45, 2.75) is 25.6 Å². The summed E-state index contributed by atoms with van der Waals surface area (Å²) in [4.78, 5) is 2.30. The molecule has 0 saturated carbocycles. The number of hydrogen-bond acceptors (Lipinski definition) is 3. The van der Waals surface area contributed by atoms with Crippen LogP contribution in [0.15, 0.2) is 24.3 Å². The molecule has 1 aromatic rings. The van der Waals surface area contributed by atoms with Gasteiger partial charge in [-0.3, -0.25) is 4.90 Å². The molecular formula is C14H20ClNO2. The van der Waals surface area contributed by atoms with Gasteiger partial charge in [0.2, 0.25) is 0 Å². The number of aliphatic hydroxyl groups excluding tert-OH is 1. The smallest absolute Gasteiger partial charge is 0.0964 e. The lowest BCUT2D eigenvalue weighted by Gasteiger charge is -2.34. The Hall–Kier alpha value is -0.610. The number of hydrogen-bond donors (Lipinski definition) is 1. The zero-order chi connectivity index (χ0) is 13.0. The normalized spacial score (nSPS) is 22.9. The highest BCUT2D eigenvalue weighted by Gasteiger charge is 2.26. The second-order valence-corrected chi connectivity index (χ2v) is 5.14. The molecule has 0 aromatic heterocycles. The Morgan fingerprint density at radius 1 is 1.44 bits per heavy atom. The maximum absolute atomic E-state index is 10.2. The van der Waals surface area contributed by atoms with Crippen molar-refractivity contribution >= 4 is 11.6 Å². The fourth-order valence-corrected chi connectivity index (χ4v) is 2.37. The first-order valence-electron chi connectivity index (χ1n) is 6.45. The van der Waals surface area contributed by atoms with Crippen LogP contribution in [0, 0.1) is 0 Å². The number of nitrogens with zero attached hydrogens (tertiary/aromatic N) is 1. The molecule has 100 valence electrons. The van der Waals surface area contributed by atoms with E-state index >= 15 is 0 Å². The Morgan fingerprint density at radius 2 is 2.17 bits per heavy atom. The molecule has 1 aliphatic rings. The predicted octanol–water partition coefficient (Wildman–Crippen LogP) is 1.96. The summed E-state index contributed by atoms with van der Waals surface area (Å²) in [5, 5.41) is 10.9. The van der Waals surface area contributed by atoms with Crippen LogP contribution in [-0.2, 0) is 11.2 Å². The van der Waals surface area contributed by atoms with Gasteiger partial charge in [0, 0.05) is 24.5 Å². The van der Waals surface area contributed by atoms with E-state index in [4.69, 9.17) is 16.3 Å². The Labute approximate surface area is 113 Å². The van der Waals surface area contributed by atoms with Gasteiger partial charge in [-0.15, -0.1) is 0 Å². The van der Waals surface area contributed by atoms with Crippen molar-refractivity contribution < 1.29 is 9.84 Å². The number of ether oxygens (including phenoxy) is 1. The molecule has 3 nitrogen and oxygen atoms in total. The van der Waals surface area contributed by atoms with Crippen molar-refractivity contribution in [3.05, 3.63) is 34.9 Å². The van der Waals surface area contributed by atoms with Crippen molar-refractivity contribution in [3.63, 3.8) is 0 Å². The van der Waals surface area contributed by atoms with E-state index in [1.807, 2.05) is 24.3 Å². The quantitative estimate of drug-likeness (QED) is 0.907. The molecule has 1 saturated heterocycles. The summed E-state index contributed by atoms with van der Waals surface area (Å²) < 4.78 is 5.65. The van der Waals surface area contributed by atoms with Crippen molar-refractivity contribution in [3.8, 4) is 0 Å². The summed E-state index contributed by atoms with van der Waals surface area (Å²) in [7, 11) is 0. The Balaban J connectivity index is 1.90. The summed E-state index contributed by atoms with van der Waals surface area (Å²) in [6.07, 6.45) is 0.0641. The Bertz CT molecular complexity index is 369. The molecule has 1 aliphatic heterocycles. The second kappa shape index (κ2) is 6.53. The third kappa shape index (κ3) is 3.69. The lowest BCUT2D eigenvalue weighted by molar-refractivity contribution is -0.0867. The first kappa shape index (κ1) is 13.8. The van der Waals surface area contributed by atoms with Gasteiger partial charge in [-0.2, -0.15) is 0 Å². The highest BCUT2D eigenvalue weighted by Crippen LogP contribution is 2.15. The van der Waals surface area contributed by atoms with Crippen LogP contribution in [0.4, 0.5) is 0 Å². The fraction of sp³-hybridized carbons (Fsp3) is 0.571. The average Bonchev–Trinajstić information content (AvgIpc) is 2.41. The van der Waals surface area contributed by atoms with Crippen molar-refractivity contribution in [1.29, 1.82) is 0 Å². The average molecular weight is 270 g/mol. The van der Waals surface area contributed by atoms with E-state index in [0.717, 1.165) is 30.2 Å². The minimum atomic E-state index is -0.458. The largest absolute Gasteiger partial charge is 0.390 e. The van der Waals surface area contributed by atoms with E-state index in [2.05, 4.69) is 11.8 Å². The number of benzene rings is 1. The zero-order valence-electron chi connectivity index (χ0n) is 10.7. The molecule has 1 fully saturated rings. The minimum Gasteiger partial charge on any atom is -0.390 e. The first-order chi connectivity index (χ1) is 8.69. The number of rotatable bonds is 4. The van der Waals surface area contributed by atoms with Gasteiger partial charge in [-0.05, 0) is 24.2 Å². The van der Waals surface area contributed by atoms with Crippen LogP contribution in [0.5, 0.6) is 0 Å². The number of likely N-dealkylation sites (N-methyl/N-ethyl adjacent to an activating group) is 1. The zero-order valence-corrected chi connectivity index (χ0v) is 11.4. The van der Waals surface area contributed by atoms with Crippen LogP contribution in [-0.4, -0.2) is 48.5 Å². The van der Waals surface area contributed by atoms with Gasteiger partial charge >= 0.3 is 0 Å². The number of halogens is 1. The maximum Gasteiger partial charge on any atom is 0.0964 e. The molecule has 4 heteroatoms. The van der Waals surface area contributed by atoms with Gasteiger partial charge in [0.25, 0.3) is 0 Å².